The number of amides is 2. The molecule has 0 saturated carbocycles. The maximum Gasteiger partial charge on any atom is 0.340 e. The molecule has 2 heterocycles. The van der Waals surface area contributed by atoms with Gasteiger partial charge in [-0.15, -0.1) is 0 Å². The zero-order chi connectivity index (χ0) is 25.7. The molecule has 1 aliphatic heterocycles. The van der Waals surface area contributed by atoms with Crippen molar-refractivity contribution in [2.75, 3.05) is 23.7 Å². The van der Waals surface area contributed by atoms with Gasteiger partial charge in [0.1, 0.15) is 0 Å². The predicted molar refractivity (Wildman–Crippen MR) is 140 cm³/mol. The summed E-state index contributed by atoms with van der Waals surface area (Å²) in [5.74, 6) is -1.09. The molecule has 1 unspecified atom stereocenters. The Morgan fingerprint density at radius 3 is 2.39 bits per heavy atom. The second-order valence-corrected chi connectivity index (χ2v) is 9.01. The van der Waals surface area contributed by atoms with E-state index in [1.54, 1.807) is 31.2 Å². The van der Waals surface area contributed by atoms with Crippen molar-refractivity contribution in [2.45, 2.75) is 52.7 Å². The molecule has 0 saturated heterocycles. The Hall–Kier alpha value is -3.78. The molecule has 188 valence electrons. The fraction of sp³-hybridized carbons (Fsp3) is 0.357. The number of carbonyl (C=O) groups is 3. The first kappa shape index (κ1) is 25.3. The van der Waals surface area contributed by atoms with Crippen molar-refractivity contribution in [3.05, 3.63) is 65.4 Å². The number of esters is 1. The van der Waals surface area contributed by atoms with Gasteiger partial charge in [0.15, 0.2) is 6.10 Å². The van der Waals surface area contributed by atoms with Crippen molar-refractivity contribution in [1.82, 2.24) is 9.88 Å². The second kappa shape index (κ2) is 11.3. The molecule has 8 nitrogen and oxygen atoms in total. The van der Waals surface area contributed by atoms with Gasteiger partial charge in [-0.1, -0.05) is 32.0 Å². The van der Waals surface area contributed by atoms with Crippen LogP contribution in [0.4, 0.5) is 11.4 Å². The van der Waals surface area contributed by atoms with E-state index in [0.717, 1.165) is 48.1 Å². The molecule has 0 bridgehead atoms. The Balaban J connectivity index is 1.56. The fourth-order valence-electron chi connectivity index (χ4n) is 4.56. The zero-order valence-electron chi connectivity index (χ0n) is 21.0. The number of hydrogen-bond acceptors (Lipinski definition) is 6. The minimum atomic E-state index is -0.953. The molecule has 1 atom stereocenters. The minimum Gasteiger partial charge on any atom is -0.449 e. The Labute approximate surface area is 211 Å². The third-order valence-corrected chi connectivity index (χ3v) is 6.25. The van der Waals surface area contributed by atoms with Crippen molar-refractivity contribution in [3.63, 3.8) is 0 Å². The third kappa shape index (κ3) is 5.71. The van der Waals surface area contributed by atoms with Crippen molar-refractivity contribution in [1.29, 1.82) is 0 Å². The van der Waals surface area contributed by atoms with E-state index in [1.807, 2.05) is 24.3 Å². The highest BCUT2D eigenvalue weighted by Crippen LogP contribution is 2.29. The molecule has 0 fully saturated rings. The number of carbonyl (C=O) groups excluding carboxylic acids is 3. The van der Waals surface area contributed by atoms with Crippen molar-refractivity contribution in [3.8, 4) is 0 Å². The van der Waals surface area contributed by atoms with Gasteiger partial charge >= 0.3 is 5.97 Å². The number of ether oxygens (including phenoxy) is 1. The Morgan fingerprint density at radius 2 is 1.72 bits per heavy atom. The molecule has 1 aliphatic rings. The van der Waals surface area contributed by atoms with E-state index in [1.165, 1.54) is 6.92 Å². The van der Waals surface area contributed by atoms with Crippen molar-refractivity contribution >= 4 is 40.1 Å². The average molecular weight is 489 g/mol. The molecule has 0 aliphatic carbocycles. The molecule has 2 aromatic carbocycles. The molecular formula is C28H32N4O4. The SMILES string of the molecule is CCCN1CCc2nc3ccccc3c(C(=O)OC(CC)C(=O)Nc3ccc(NC(C)=O)cc3)c2C1. The third-order valence-electron chi connectivity index (χ3n) is 6.25. The van der Waals surface area contributed by atoms with Gasteiger partial charge in [0.2, 0.25) is 5.91 Å². The number of benzene rings is 2. The summed E-state index contributed by atoms with van der Waals surface area (Å²) < 4.78 is 5.81. The van der Waals surface area contributed by atoms with Gasteiger partial charge in [-0.05, 0) is 49.7 Å². The lowest BCUT2D eigenvalue weighted by molar-refractivity contribution is -0.124. The molecule has 2 N–H and O–H groups in total. The first-order chi connectivity index (χ1) is 17.4. The summed E-state index contributed by atoms with van der Waals surface area (Å²) in [6.45, 7) is 7.86. The first-order valence-corrected chi connectivity index (χ1v) is 12.4. The van der Waals surface area contributed by atoms with Crippen LogP contribution in [0.25, 0.3) is 10.9 Å². The molecule has 2 amide bonds. The minimum absolute atomic E-state index is 0.173. The molecular weight excluding hydrogens is 456 g/mol. The monoisotopic (exact) mass is 488 g/mol. The lowest BCUT2D eigenvalue weighted by atomic mass is 9.95. The quantitative estimate of drug-likeness (QED) is 0.452. The number of para-hydroxylation sites is 1. The number of nitrogens with zero attached hydrogens (tertiary/aromatic N) is 2. The van der Waals surface area contributed by atoms with Gasteiger partial charge in [0.25, 0.3) is 5.91 Å². The molecule has 0 spiro atoms. The van der Waals surface area contributed by atoms with Gasteiger partial charge < -0.3 is 15.4 Å². The van der Waals surface area contributed by atoms with Gasteiger partial charge in [0.05, 0.1) is 11.1 Å². The number of aromatic nitrogens is 1. The summed E-state index contributed by atoms with van der Waals surface area (Å²) in [5, 5.41) is 6.23. The molecule has 3 aromatic rings. The van der Waals surface area contributed by atoms with Gasteiger partial charge in [-0.3, -0.25) is 19.5 Å². The number of anilines is 2. The number of nitrogens with one attached hydrogen (secondary N) is 2. The van der Waals surface area contributed by atoms with E-state index in [4.69, 9.17) is 9.72 Å². The standard InChI is InChI=1S/C28H32N4O4/c1-4-15-32-16-14-24-22(17-32)26(21-8-6-7-9-23(21)31-24)28(35)36-25(5-2)27(34)30-20-12-10-19(11-13-20)29-18(3)33/h6-13,25H,4-5,14-17H2,1-3H3,(H,29,33)(H,30,34). The van der Waals surface area contributed by atoms with Crippen molar-refractivity contribution < 1.29 is 19.1 Å². The van der Waals surface area contributed by atoms with Crippen LogP contribution >= 0.6 is 0 Å². The van der Waals surface area contributed by atoms with Gasteiger partial charge in [-0.25, -0.2) is 4.79 Å². The highest BCUT2D eigenvalue weighted by Gasteiger charge is 2.29. The van der Waals surface area contributed by atoms with Crippen LogP contribution in [0.2, 0.25) is 0 Å². The number of rotatable bonds is 8. The molecule has 1 aromatic heterocycles. The highest BCUT2D eigenvalue weighted by atomic mass is 16.5. The van der Waals surface area contributed by atoms with Crippen LogP contribution in [0.1, 0.15) is 55.2 Å². The topological polar surface area (TPSA) is 101 Å². The molecule has 0 radical (unpaired) electrons. The van der Waals surface area contributed by atoms with E-state index < -0.39 is 18.0 Å². The maximum absolute atomic E-state index is 13.6. The van der Waals surface area contributed by atoms with Crippen LogP contribution in [0.3, 0.4) is 0 Å². The Bertz CT molecular complexity index is 1270. The van der Waals surface area contributed by atoms with Crippen LogP contribution in [-0.2, 0) is 27.3 Å². The van der Waals surface area contributed by atoms with Gasteiger partial charge in [0, 0.05) is 54.5 Å². The number of pyridine rings is 1. The van der Waals surface area contributed by atoms with E-state index in [2.05, 4.69) is 22.5 Å². The number of hydrogen-bond donors (Lipinski definition) is 2. The van der Waals surface area contributed by atoms with Crippen LogP contribution in [-0.4, -0.2) is 46.9 Å². The summed E-state index contributed by atoms with van der Waals surface area (Å²) >= 11 is 0. The molecule has 36 heavy (non-hydrogen) atoms. The Morgan fingerprint density at radius 1 is 1.03 bits per heavy atom. The van der Waals surface area contributed by atoms with E-state index in [9.17, 15) is 14.4 Å². The van der Waals surface area contributed by atoms with E-state index in [0.29, 0.717) is 29.9 Å². The second-order valence-electron chi connectivity index (χ2n) is 9.01. The van der Waals surface area contributed by atoms with Crippen molar-refractivity contribution in [2.24, 2.45) is 0 Å². The smallest absolute Gasteiger partial charge is 0.340 e. The van der Waals surface area contributed by atoms with Crippen LogP contribution in [0.5, 0.6) is 0 Å². The van der Waals surface area contributed by atoms with Crippen LogP contribution in [0, 0.1) is 0 Å². The first-order valence-electron chi connectivity index (χ1n) is 12.4. The van der Waals surface area contributed by atoms with E-state index >= 15 is 0 Å². The lowest BCUT2D eigenvalue weighted by Gasteiger charge is -2.30. The molecule has 8 heteroatoms. The van der Waals surface area contributed by atoms with E-state index in [-0.39, 0.29) is 5.91 Å². The van der Waals surface area contributed by atoms with Crippen LogP contribution in [0.15, 0.2) is 48.5 Å². The predicted octanol–water partition coefficient (Wildman–Crippen LogP) is 4.54. The van der Waals surface area contributed by atoms with Gasteiger partial charge in [-0.2, -0.15) is 0 Å². The number of fused-ring (bicyclic) bond motifs is 2. The normalized spacial score (nSPS) is 14.1. The summed E-state index contributed by atoms with van der Waals surface area (Å²) in [7, 11) is 0. The molecule has 4 rings (SSSR count). The largest absolute Gasteiger partial charge is 0.449 e. The highest BCUT2D eigenvalue weighted by molar-refractivity contribution is 6.06. The Kier molecular flexibility index (Phi) is 7.95. The fourth-order valence-corrected chi connectivity index (χ4v) is 4.56. The zero-order valence-corrected chi connectivity index (χ0v) is 21.0. The lowest BCUT2D eigenvalue weighted by Crippen LogP contribution is -2.35. The van der Waals surface area contributed by atoms with Crippen LogP contribution < -0.4 is 10.6 Å². The summed E-state index contributed by atoms with van der Waals surface area (Å²) in [5.41, 5.74) is 4.24. The summed E-state index contributed by atoms with van der Waals surface area (Å²) in [6, 6.07) is 14.3. The maximum atomic E-state index is 13.6. The summed E-state index contributed by atoms with van der Waals surface area (Å²) in [6.07, 6.45) is 1.17. The average Bonchev–Trinajstić information content (AvgIpc) is 2.86. The summed E-state index contributed by atoms with van der Waals surface area (Å²) in [4.78, 5) is 44.9.